The molecule has 0 spiro atoms. The molecule has 0 fully saturated rings. The lowest BCUT2D eigenvalue weighted by Gasteiger charge is -2.06. The summed E-state index contributed by atoms with van der Waals surface area (Å²) in [6, 6.07) is 13.5. The standard InChI is InChI=1S/C21H19FN2O3S/c1-2-14-3-5-15(6-4-14)21-24-18(13-28-21)11-20(26)27-12-19(25)23-17-9-7-16(22)8-10-17/h3-10,13H,2,11-12H2,1H3,(H,23,25). The second-order valence-electron chi connectivity index (χ2n) is 6.09. The van der Waals surface area contributed by atoms with Crippen LogP contribution in [0.3, 0.4) is 0 Å². The molecule has 1 heterocycles. The highest BCUT2D eigenvalue weighted by Crippen LogP contribution is 2.24. The lowest BCUT2D eigenvalue weighted by molar-refractivity contribution is -0.146. The molecule has 1 amide bonds. The summed E-state index contributed by atoms with van der Waals surface area (Å²) in [5.41, 5.74) is 3.28. The normalized spacial score (nSPS) is 10.5. The van der Waals surface area contributed by atoms with Gasteiger partial charge in [0.1, 0.15) is 10.8 Å². The van der Waals surface area contributed by atoms with Crippen molar-refractivity contribution in [2.24, 2.45) is 0 Å². The number of halogens is 1. The van der Waals surface area contributed by atoms with Gasteiger partial charge in [-0.15, -0.1) is 11.3 Å². The summed E-state index contributed by atoms with van der Waals surface area (Å²) >= 11 is 1.46. The highest BCUT2D eigenvalue weighted by molar-refractivity contribution is 7.13. The number of anilines is 1. The number of aryl methyl sites for hydroxylation is 1. The zero-order chi connectivity index (χ0) is 19.9. The van der Waals surface area contributed by atoms with Gasteiger partial charge < -0.3 is 10.1 Å². The van der Waals surface area contributed by atoms with Crippen LogP contribution < -0.4 is 5.32 Å². The van der Waals surface area contributed by atoms with E-state index in [2.05, 4.69) is 29.4 Å². The Hall–Kier alpha value is -3.06. The summed E-state index contributed by atoms with van der Waals surface area (Å²) in [5, 5.41) is 5.17. The number of esters is 1. The molecule has 2 aromatic carbocycles. The van der Waals surface area contributed by atoms with E-state index in [1.165, 1.54) is 41.2 Å². The van der Waals surface area contributed by atoms with Crippen molar-refractivity contribution in [2.45, 2.75) is 19.8 Å². The quantitative estimate of drug-likeness (QED) is 0.605. The van der Waals surface area contributed by atoms with E-state index in [0.29, 0.717) is 11.4 Å². The van der Waals surface area contributed by atoms with E-state index in [1.807, 2.05) is 17.5 Å². The van der Waals surface area contributed by atoms with Crippen molar-refractivity contribution >= 4 is 28.9 Å². The molecule has 0 bridgehead atoms. The van der Waals surface area contributed by atoms with E-state index in [0.717, 1.165) is 17.0 Å². The van der Waals surface area contributed by atoms with E-state index < -0.39 is 24.3 Å². The summed E-state index contributed by atoms with van der Waals surface area (Å²) in [6.07, 6.45) is 0.970. The maximum atomic E-state index is 12.8. The van der Waals surface area contributed by atoms with Crippen LogP contribution in [-0.2, 0) is 27.2 Å². The number of thiazole rings is 1. The molecule has 144 valence electrons. The Kier molecular flexibility index (Phi) is 6.49. The molecule has 0 aliphatic rings. The Bertz CT molecular complexity index is 953. The molecule has 3 aromatic rings. The molecule has 0 atom stereocenters. The van der Waals surface area contributed by atoms with Gasteiger partial charge in [0.05, 0.1) is 12.1 Å². The number of carbonyl (C=O) groups is 2. The minimum Gasteiger partial charge on any atom is -0.455 e. The fraction of sp³-hybridized carbons (Fsp3) is 0.190. The highest BCUT2D eigenvalue weighted by Gasteiger charge is 2.12. The van der Waals surface area contributed by atoms with Crippen LogP contribution >= 0.6 is 11.3 Å². The highest BCUT2D eigenvalue weighted by atomic mass is 32.1. The maximum Gasteiger partial charge on any atom is 0.312 e. The Balaban J connectivity index is 1.48. The van der Waals surface area contributed by atoms with Crippen molar-refractivity contribution in [1.82, 2.24) is 4.98 Å². The smallest absolute Gasteiger partial charge is 0.312 e. The number of hydrogen-bond acceptors (Lipinski definition) is 5. The van der Waals surface area contributed by atoms with Crippen molar-refractivity contribution < 1.29 is 18.7 Å². The monoisotopic (exact) mass is 398 g/mol. The van der Waals surface area contributed by atoms with Crippen LogP contribution in [0.4, 0.5) is 10.1 Å². The van der Waals surface area contributed by atoms with Crippen molar-refractivity contribution in [3.63, 3.8) is 0 Å². The summed E-state index contributed by atoms with van der Waals surface area (Å²) in [5.74, 6) is -1.42. The summed E-state index contributed by atoms with van der Waals surface area (Å²) in [4.78, 5) is 28.2. The third kappa shape index (κ3) is 5.47. The summed E-state index contributed by atoms with van der Waals surface area (Å²) < 4.78 is 17.8. The zero-order valence-corrected chi connectivity index (χ0v) is 16.1. The van der Waals surface area contributed by atoms with Gasteiger partial charge in [-0.1, -0.05) is 31.2 Å². The van der Waals surface area contributed by atoms with Gasteiger partial charge in [-0.25, -0.2) is 9.37 Å². The van der Waals surface area contributed by atoms with Gasteiger partial charge >= 0.3 is 5.97 Å². The number of benzene rings is 2. The lowest BCUT2D eigenvalue weighted by Crippen LogP contribution is -2.21. The fourth-order valence-electron chi connectivity index (χ4n) is 2.48. The van der Waals surface area contributed by atoms with Gasteiger partial charge in [-0.2, -0.15) is 0 Å². The van der Waals surface area contributed by atoms with E-state index >= 15 is 0 Å². The van der Waals surface area contributed by atoms with Gasteiger partial charge in [-0.05, 0) is 36.2 Å². The Morgan fingerprint density at radius 3 is 2.50 bits per heavy atom. The first-order valence-corrected chi connectivity index (χ1v) is 9.66. The predicted molar refractivity (Wildman–Crippen MR) is 107 cm³/mol. The molecule has 0 aliphatic heterocycles. The fourth-order valence-corrected chi connectivity index (χ4v) is 3.30. The van der Waals surface area contributed by atoms with Crippen molar-refractivity contribution in [1.29, 1.82) is 0 Å². The first kappa shape index (κ1) is 19.7. The number of nitrogens with one attached hydrogen (secondary N) is 1. The van der Waals surface area contributed by atoms with Crippen LogP contribution in [0, 0.1) is 5.82 Å². The largest absolute Gasteiger partial charge is 0.455 e. The second-order valence-corrected chi connectivity index (χ2v) is 6.95. The summed E-state index contributed by atoms with van der Waals surface area (Å²) in [6.45, 7) is 1.69. The van der Waals surface area contributed by atoms with Gasteiger partial charge in [-0.3, -0.25) is 9.59 Å². The number of aromatic nitrogens is 1. The molecular formula is C21H19FN2O3S. The van der Waals surface area contributed by atoms with E-state index in [4.69, 9.17) is 4.74 Å². The molecule has 0 aliphatic carbocycles. The average molecular weight is 398 g/mol. The van der Waals surface area contributed by atoms with Crippen LogP contribution in [0.1, 0.15) is 18.2 Å². The molecule has 0 radical (unpaired) electrons. The van der Waals surface area contributed by atoms with Gasteiger partial charge in [0.15, 0.2) is 6.61 Å². The maximum absolute atomic E-state index is 12.8. The van der Waals surface area contributed by atoms with E-state index in [1.54, 1.807) is 0 Å². The Labute approximate surface area is 166 Å². The molecule has 0 saturated heterocycles. The Morgan fingerprint density at radius 2 is 1.82 bits per heavy atom. The first-order valence-electron chi connectivity index (χ1n) is 8.78. The number of rotatable bonds is 7. The van der Waals surface area contributed by atoms with Crippen molar-refractivity contribution in [3.8, 4) is 10.6 Å². The van der Waals surface area contributed by atoms with E-state index in [9.17, 15) is 14.0 Å². The van der Waals surface area contributed by atoms with Crippen LogP contribution in [0.2, 0.25) is 0 Å². The number of ether oxygens (including phenoxy) is 1. The second kappa shape index (κ2) is 9.23. The Morgan fingerprint density at radius 1 is 1.11 bits per heavy atom. The number of amides is 1. The topological polar surface area (TPSA) is 68.3 Å². The molecule has 28 heavy (non-hydrogen) atoms. The average Bonchev–Trinajstić information content (AvgIpc) is 3.16. The predicted octanol–water partition coefficient (Wildman–Crippen LogP) is 4.24. The van der Waals surface area contributed by atoms with Crippen LogP contribution in [0.25, 0.3) is 10.6 Å². The first-order chi connectivity index (χ1) is 13.5. The van der Waals surface area contributed by atoms with Crippen LogP contribution in [0.15, 0.2) is 53.9 Å². The molecule has 1 aromatic heterocycles. The third-order valence-electron chi connectivity index (χ3n) is 3.98. The van der Waals surface area contributed by atoms with Crippen LogP contribution in [0.5, 0.6) is 0 Å². The SMILES string of the molecule is CCc1ccc(-c2nc(CC(=O)OCC(=O)Nc3ccc(F)cc3)cs2)cc1. The molecule has 1 N–H and O–H groups in total. The molecule has 3 rings (SSSR count). The van der Waals surface area contributed by atoms with Crippen LogP contribution in [-0.4, -0.2) is 23.5 Å². The van der Waals surface area contributed by atoms with Crippen molar-refractivity contribution in [2.75, 3.05) is 11.9 Å². The van der Waals surface area contributed by atoms with Crippen molar-refractivity contribution in [3.05, 3.63) is 71.0 Å². The molecular weight excluding hydrogens is 379 g/mol. The third-order valence-corrected chi connectivity index (χ3v) is 4.92. The number of carbonyl (C=O) groups excluding carboxylic acids is 2. The minimum atomic E-state index is -0.535. The van der Waals surface area contributed by atoms with Gasteiger partial charge in [0.2, 0.25) is 0 Å². The van der Waals surface area contributed by atoms with Gasteiger partial charge in [0, 0.05) is 16.6 Å². The minimum absolute atomic E-state index is 0.00658. The lowest BCUT2D eigenvalue weighted by atomic mass is 10.1. The number of hydrogen-bond donors (Lipinski definition) is 1. The number of nitrogens with zero attached hydrogens (tertiary/aromatic N) is 1. The molecule has 0 saturated carbocycles. The molecule has 5 nitrogen and oxygen atoms in total. The summed E-state index contributed by atoms with van der Waals surface area (Å²) in [7, 11) is 0. The molecule has 0 unspecified atom stereocenters. The van der Waals surface area contributed by atoms with E-state index in [-0.39, 0.29) is 6.42 Å². The zero-order valence-electron chi connectivity index (χ0n) is 15.3. The molecule has 7 heteroatoms. The van der Waals surface area contributed by atoms with Gasteiger partial charge in [0.25, 0.3) is 5.91 Å².